The van der Waals surface area contributed by atoms with E-state index >= 15 is 0 Å². The first kappa shape index (κ1) is 13.7. The minimum absolute atomic E-state index is 0.801. The number of pyridine rings is 1. The fraction of sp³-hybridized carbons (Fsp3) is 0.353. The number of anilines is 1. The van der Waals surface area contributed by atoms with Crippen molar-refractivity contribution in [3.05, 3.63) is 41.8 Å². The second kappa shape index (κ2) is 5.64. The summed E-state index contributed by atoms with van der Waals surface area (Å²) in [5, 5.41) is 3.53. The zero-order valence-electron chi connectivity index (χ0n) is 12.8. The first-order valence-electron chi connectivity index (χ1n) is 7.48. The van der Waals surface area contributed by atoms with Gasteiger partial charge in [0, 0.05) is 12.2 Å². The predicted molar refractivity (Wildman–Crippen MR) is 85.8 cm³/mol. The predicted octanol–water partition coefficient (Wildman–Crippen LogP) is 4.42. The van der Waals surface area contributed by atoms with E-state index < -0.39 is 0 Å². The lowest BCUT2D eigenvalue weighted by molar-refractivity contribution is 0.580. The van der Waals surface area contributed by atoms with Crippen LogP contribution in [-0.2, 0) is 0 Å². The lowest BCUT2D eigenvalue weighted by atomic mass is 10.2. The standard InChI is InChI=1S/C17H21N3O/c1-4-5-8-18-17-16(14-7-6-9-21-14)19-15-11-12(2)10-13(3)20(15)17/h6-7,9-11,18H,4-5,8H2,1-3H3. The van der Waals surface area contributed by atoms with Crippen LogP contribution in [0.15, 0.2) is 34.9 Å². The molecule has 0 fully saturated rings. The molecule has 0 aromatic carbocycles. The molecule has 0 spiro atoms. The van der Waals surface area contributed by atoms with Crippen LogP contribution in [0.3, 0.4) is 0 Å². The number of nitrogens with zero attached hydrogens (tertiary/aromatic N) is 2. The van der Waals surface area contributed by atoms with E-state index in [0.29, 0.717) is 0 Å². The van der Waals surface area contributed by atoms with Gasteiger partial charge >= 0.3 is 0 Å². The van der Waals surface area contributed by atoms with Gasteiger partial charge in [0.1, 0.15) is 17.2 Å². The fourth-order valence-electron chi connectivity index (χ4n) is 2.66. The Bertz CT molecular complexity index is 741. The summed E-state index contributed by atoms with van der Waals surface area (Å²) in [4.78, 5) is 4.76. The molecule has 0 aliphatic heterocycles. The van der Waals surface area contributed by atoms with E-state index in [1.807, 2.05) is 12.1 Å². The van der Waals surface area contributed by atoms with Crippen LogP contribution in [0.2, 0.25) is 0 Å². The van der Waals surface area contributed by atoms with Crippen LogP contribution >= 0.6 is 0 Å². The van der Waals surface area contributed by atoms with Gasteiger partial charge in [-0.15, -0.1) is 0 Å². The summed E-state index contributed by atoms with van der Waals surface area (Å²) in [5.41, 5.74) is 4.23. The lowest BCUT2D eigenvalue weighted by Gasteiger charge is -2.10. The molecule has 110 valence electrons. The largest absolute Gasteiger partial charge is 0.463 e. The number of hydrogen-bond acceptors (Lipinski definition) is 3. The molecule has 0 unspecified atom stereocenters. The molecule has 3 heterocycles. The third-order valence-corrected chi connectivity index (χ3v) is 3.63. The Kier molecular flexibility index (Phi) is 3.69. The average Bonchev–Trinajstić information content (AvgIpc) is 3.06. The van der Waals surface area contributed by atoms with Crippen LogP contribution in [-0.4, -0.2) is 15.9 Å². The highest BCUT2D eigenvalue weighted by Gasteiger charge is 2.17. The van der Waals surface area contributed by atoms with Crippen molar-refractivity contribution < 1.29 is 4.42 Å². The van der Waals surface area contributed by atoms with Crippen molar-refractivity contribution in [2.75, 3.05) is 11.9 Å². The van der Waals surface area contributed by atoms with Gasteiger partial charge in [-0.05, 0) is 50.1 Å². The number of aryl methyl sites for hydroxylation is 2. The number of nitrogens with one attached hydrogen (secondary N) is 1. The third kappa shape index (κ3) is 2.53. The Morgan fingerprint density at radius 2 is 2.14 bits per heavy atom. The molecule has 1 N–H and O–H groups in total. The minimum atomic E-state index is 0.801. The van der Waals surface area contributed by atoms with Crippen molar-refractivity contribution in [1.29, 1.82) is 0 Å². The molecular formula is C17H21N3O. The molecule has 0 bridgehead atoms. The monoisotopic (exact) mass is 283 g/mol. The van der Waals surface area contributed by atoms with E-state index in [-0.39, 0.29) is 0 Å². The van der Waals surface area contributed by atoms with E-state index in [9.17, 15) is 0 Å². The molecule has 0 aliphatic carbocycles. The fourth-order valence-corrected chi connectivity index (χ4v) is 2.66. The van der Waals surface area contributed by atoms with E-state index in [4.69, 9.17) is 9.40 Å². The highest BCUT2D eigenvalue weighted by atomic mass is 16.3. The quantitative estimate of drug-likeness (QED) is 0.705. The molecule has 3 rings (SSSR count). The van der Waals surface area contributed by atoms with Gasteiger partial charge in [0.15, 0.2) is 5.76 Å². The van der Waals surface area contributed by atoms with Gasteiger partial charge < -0.3 is 9.73 Å². The van der Waals surface area contributed by atoms with Crippen LogP contribution in [0.4, 0.5) is 5.82 Å². The Morgan fingerprint density at radius 3 is 2.86 bits per heavy atom. The normalized spacial score (nSPS) is 11.2. The molecule has 4 nitrogen and oxygen atoms in total. The van der Waals surface area contributed by atoms with Crippen molar-refractivity contribution >= 4 is 11.5 Å². The topological polar surface area (TPSA) is 42.5 Å². The molecule has 4 heteroatoms. The number of aromatic nitrogens is 2. The van der Waals surface area contributed by atoms with E-state index in [1.54, 1.807) is 6.26 Å². The smallest absolute Gasteiger partial charge is 0.156 e. The van der Waals surface area contributed by atoms with E-state index in [2.05, 4.69) is 42.6 Å². The highest BCUT2D eigenvalue weighted by Crippen LogP contribution is 2.30. The van der Waals surface area contributed by atoms with Crippen LogP contribution in [0.5, 0.6) is 0 Å². The van der Waals surface area contributed by atoms with Crippen molar-refractivity contribution in [2.24, 2.45) is 0 Å². The number of hydrogen-bond donors (Lipinski definition) is 1. The summed E-state index contributed by atoms with van der Waals surface area (Å²) in [5.74, 6) is 1.82. The van der Waals surface area contributed by atoms with Gasteiger partial charge in [-0.3, -0.25) is 4.40 Å². The summed E-state index contributed by atoms with van der Waals surface area (Å²) in [7, 11) is 0. The molecule has 0 amide bonds. The van der Waals surface area contributed by atoms with Gasteiger partial charge in [0.05, 0.1) is 6.26 Å². The molecule has 0 saturated heterocycles. The molecule has 0 atom stereocenters. The zero-order valence-corrected chi connectivity index (χ0v) is 12.8. The summed E-state index contributed by atoms with van der Waals surface area (Å²) < 4.78 is 7.72. The lowest BCUT2D eigenvalue weighted by Crippen LogP contribution is -2.06. The third-order valence-electron chi connectivity index (χ3n) is 3.63. The van der Waals surface area contributed by atoms with Crippen molar-refractivity contribution in [3.63, 3.8) is 0 Å². The maximum absolute atomic E-state index is 5.55. The van der Waals surface area contributed by atoms with Gasteiger partial charge in [-0.2, -0.15) is 0 Å². The Morgan fingerprint density at radius 1 is 1.29 bits per heavy atom. The highest BCUT2D eigenvalue weighted by molar-refractivity contribution is 5.74. The first-order chi connectivity index (χ1) is 10.2. The second-order valence-corrected chi connectivity index (χ2v) is 5.43. The number of furan rings is 1. The van der Waals surface area contributed by atoms with Gasteiger partial charge in [-0.25, -0.2) is 4.98 Å². The minimum Gasteiger partial charge on any atom is -0.463 e. The number of rotatable bonds is 5. The van der Waals surface area contributed by atoms with Crippen LogP contribution in [0, 0.1) is 13.8 Å². The average molecular weight is 283 g/mol. The van der Waals surface area contributed by atoms with Crippen LogP contribution in [0.25, 0.3) is 17.1 Å². The molecule has 3 aromatic rings. The summed E-state index contributed by atoms with van der Waals surface area (Å²) >= 11 is 0. The Hall–Kier alpha value is -2.23. The van der Waals surface area contributed by atoms with Gasteiger partial charge in [0.25, 0.3) is 0 Å². The van der Waals surface area contributed by atoms with Gasteiger partial charge in [-0.1, -0.05) is 13.3 Å². The number of unbranched alkanes of at least 4 members (excludes halogenated alkanes) is 1. The Labute approximate surface area is 124 Å². The summed E-state index contributed by atoms with van der Waals surface area (Å²) in [6.07, 6.45) is 3.99. The van der Waals surface area contributed by atoms with Crippen molar-refractivity contribution in [1.82, 2.24) is 9.38 Å². The SMILES string of the molecule is CCCCNc1c(-c2ccco2)nc2cc(C)cc(C)n12. The summed E-state index contributed by atoms with van der Waals surface area (Å²) in [6.45, 7) is 7.33. The van der Waals surface area contributed by atoms with Crippen LogP contribution < -0.4 is 5.32 Å². The molecule has 0 aliphatic rings. The molecule has 0 saturated carbocycles. The maximum atomic E-state index is 5.55. The van der Waals surface area contributed by atoms with Crippen molar-refractivity contribution in [2.45, 2.75) is 33.6 Å². The Balaban J connectivity index is 2.16. The molecule has 3 aromatic heterocycles. The van der Waals surface area contributed by atoms with Crippen molar-refractivity contribution in [3.8, 4) is 11.5 Å². The first-order valence-corrected chi connectivity index (χ1v) is 7.48. The van der Waals surface area contributed by atoms with Crippen LogP contribution in [0.1, 0.15) is 31.0 Å². The number of imidazole rings is 1. The molecular weight excluding hydrogens is 262 g/mol. The second-order valence-electron chi connectivity index (χ2n) is 5.43. The molecule has 0 radical (unpaired) electrons. The van der Waals surface area contributed by atoms with Gasteiger partial charge in [0.2, 0.25) is 0 Å². The molecule has 21 heavy (non-hydrogen) atoms. The van der Waals surface area contributed by atoms with E-state index in [1.165, 1.54) is 11.3 Å². The summed E-state index contributed by atoms with van der Waals surface area (Å²) in [6, 6.07) is 8.12. The number of fused-ring (bicyclic) bond motifs is 1. The maximum Gasteiger partial charge on any atom is 0.156 e. The zero-order chi connectivity index (χ0) is 14.8. The van der Waals surface area contributed by atoms with E-state index in [0.717, 1.165) is 42.3 Å².